The standard InChI is InChI=1S/C17H21N3OS/c1-11-14(12(2)20(3)19-11)10-17(21)18-15-8-9-22-16-7-5-4-6-13(15)16/h4-7,15H,8-10H2,1-3H3,(H,18,21)/t15-/m1/s1. The van der Waals surface area contributed by atoms with Gasteiger partial charge in [-0.1, -0.05) is 18.2 Å². The molecule has 1 N–H and O–H groups in total. The zero-order valence-corrected chi connectivity index (χ0v) is 14.0. The molecule has 4 nitrogen and oxygen atoms in total. The monoisotopic (exact) mass is 315 g/mol. The summed E-state index contributed by atoms with van der Waals surface area (Å²) in [4.78, 5) is 13.7. The lowest BCUT2D eigenvalue weighted by molar-refractivity contribution is -0.121. The van der Waals surface area contributed by atoms with E-state index in [1.54, 1.807) is 0 Å². The van der Waals surface area contributed by atoms with Gasteiger partial charge in [-0.05, 0) is 31.9 Å². The number of hydrogen-bond acceptors (Lipinski definition) is 3. The van der Waals surface area contributed by atoms with Gasteiger partial charge < -0.3 is 5.32 Å². The van der Waals surface area contributed by atoms with Gasteiger partial charge in [0.1, 0.15) is 0 Å². The lowest BCUT2D eigenvalue weighted by Gasteiger charge is -2.25. The Morgan fingerprint density at radius 1 is 1.41 bits per heavy atom. The molecular formula is C17H21N3OS. The Hall–Kier alpha value is -1.75. The number of aromatic nitrogens is 2. The first-order valence-electron chi connectivity index (χ1n) is 7.56. The zero-order chi connectivity index (χ0) is 15.7. The summed E-state index contributed by atoms with van der Waals surface area (Å²) >= 11 is 1.87. The number of aryl methyl sites for hydroxylation is 2. The third kappa shape index (κ3) is 2.90. The van der Waals surface area contributed by atoms with Gasteiger partial charge in [-0.3, -0.25) is 9.48 Å². The van der Waals surface area contributed by atoms with E-state index in [1.165, 1.54) is 10.5 Å². The van der Waals surface area contributed by atoms with E-state index in [2.05, 4.69) is 28.6 Å². The Balaban J connectivity index is 1.73. The lowest BCUT2D eigenvalue weighted by Crippen LogP contribution is -2.32. The van der Waals surface area contributed by atoms with Gasteiger partial charge in [0.05, 0.1) is 18.2 Å². The number of thioether (sulfide) groups is 1. The van der Waals surface area contributed by atoms with Crippen LogP contribution < -0.4 is 5.32 Å². The highest BCUT2D eigenvalue weighted by Crippen LogP contribution is 2.35. The largest absolute Gasteiger partial charge is 0.349 e. The van der Waals surface area contributed by atoms with Crippen molar-refractivity contribution in [3.05, 3.63) is 46.8 Å². The van der Waals surface area contributed by atoms with E-state index < -0.39 is 0 Å². The van der Waals surface area contributed by atoms with Crippen LogP contribution in [0.3, 0.4) is 0 Å². The molecule has 5 heteroatoms. The zero-order valence-electron chi connectivity index (χ0n) is 13.2. The molecule has 0 spiro atoms. The number of rotatable bonds is 3. The third-order valence-corrected chi connectivity index (χ3v) is 5.41. The summed E-state index contributed by atoms with van der Waals surface area (Å²) in [6, 6.07) is 8.47. The second-order valence-corrected chi connectivity index (χ2v) is 6.88. The second-order valence-electron chi connectivity index (χ2n) is 5.74. The summed E-state index contributed by atoms with van der Waals surface area (Å²) in [6.07, 6.45) is 1.38. The van der Waals surface area contributed by atoms with E-state index in [0.29, 0.717) is 6.42 Å². The van der Waals surface area contributed by atoms with Crippen LogP contribution in [0.1, 0.15) is 35.0 Å². The maximum Gasteiger partial charge on any atom is 0.225 e. The van der Waals surface area contributed by atoms with Gasteiger partial charge in [-0.15, -0.1) is 11.8 Å². The Kier molecular flexibility index (Phi) is 4.25. The van der Waals surface area contributed by atoms with Gasteiger partial charge >= 0.3 is 0 Å². The predicted octanol–water partition coefficient (Wildman–Crippen LogP) is 2.93. The Bertz CT molecular complexity index is 708. The van der Waals surface area contributed by atoms with Gasteiger partial charge in [0.2, 0.25) is 5.91 Å². The quantitative estimate of drug-likeness (QED) is 0.947. The van der Waals surface area contributed by atoms with Crippen molar-refractivity contribution in [1.29, 1.82) is 0 Å². The fraction of sp³-hybridized carbons (Fsp3) is 0.412. The normalized spacial score (nSPS) is 17.1. The molecule has 1 aliphatic rings. The summed E-state index contributed by atoms with van der Waals surface area (Å²) in [5.41, 5.74) is 4.28. The number of hydrogen-bond donors (Lipinski definition) is 1. The van der Waals surface area contributed by atoms with Crippen LogP contribution in [0.4, 0.5) is 0 Å². The molecule has 1 amide bonds. The van der Waals surface area contributed by atoms with E-state index in [4.69, 9.17) is 0 Å². The van der Waals surface area contributed by atoms with E-state index in [9.17, 15) is 4.79 Å². The van der Waals surface area contributed by atoms with Crippen molar-refractivity contribution in [3.63, 3.8) is 0 Å². The van der Waals surface area contributed by atoms with Crippen LogP contribution in [-0.2, 0) is 18.3 Å². The first-order chi connectivity index (χ1) is 10.6. The minimum Gasteiger partial charge on any atom is -0.349 e. The van der Waals surface area contributed by atoms with E-state index in [1.807, 2.05) is 43.4 Å². The fourth-order valence-electron chi connectivity index (χ4n) is 2.97. The number of carbonyl (C=O) groups excluding carboxylic acids is 1. The van der Waals surface area contributed by atoms with Gasteiger partial charge in [0.15, 0.2) is 0 Å². The summed E-state index contributed by atoms with van der Waals surface area (Å²) in [5.74, 6) is 1.12. The van der Waals surface area contributed by atoms with Crippen molar-refractivity contribution in [2.24, 2.45) is 7.05 Å². The highest BCUT2D eigenvalue weighted by Gasteiger charge is 2.22. The first kappa shape index (κ1) is 15.2. The molecule has 1 aromatic carbocycles. The number of amides is 1. The van der Waals surface area contributed by atoms with E-state index in [0.717, 1.165) is 29.1 Å². The molecule has 0 radical (unpaired) electrons. The van der Waals surface area contributed by atoms with Crippen molar-refractivity contribution in [2.45, 2.75) is 37.6 Å². The molecule has 116 valence electrons. The minimum atomic E-state index is 0.0749. The average molecular weight is 315 g/mol. The minimum absolute atomic E-state index is 0.0749. The van der Waals surface area contributed by atoms with E-state index >= 15 is 0 Å². The van der Waals surface area contributed by atoms with Crippen molar-refractivity contribution in [3.8, 4) is 0 Å². The second kappa shape index (κ2) is 6.16. The SMILES string of the molecule is Cc1nn(C)c(C)c1CC(=O)N[C@@H]1CCSc2ccccc21. The molecule has 0 saturated carbocycles. The van der Waals surface area contributed by atoms with Crippen LogP contribution in [0.5, 0.6) is 0 Å². The van der Waals surface area contributed by atoms with Crippen molar-refractivity contribution < 1.29 is 4.79 Å². The van der Waals surface area contributed by atoms with Crippen LogP contribution in [0.15, 0.2) is 29.2 Å². The molecule has 2 heterocycles. The van der Waals surface area contributed by atoms with Crippen LogP contribution in [0, 0.1) is 13.8 Å². The van der Waals surface area contributed by atoms with Crippen molar-refractivity contribution in [2.75, 3.05) is 5.75 Å². The number of fused-ring (bicyclic) bond motifs is 1. The Morgan fingerprint density at radius 2 is 2.18 bits per heavy atom. The summed E-state index contributed by atoms with van der Waals surface area (Å²) < 4.78 is 1.84. The maximum absolute atomic E-state index is 12.4. The number of carbonyl (C=O) groups is 1. The topological polar surface area (TPSA) is 46.9 Å². The van der Waals surface area contributed by atoms with Crippen molar-refractivity contribution in [1.82, 2.24) is 15.1 Å². The number of nitrogens with one attached hydrogen (secondary N) is 1. The summed E-state index contributed by atoms with van der Waals surface area (Å²) in [5, 5.41) is 7.58. The summed E-state index contributed by atoms with van der Waals surface area (Å²) in [6.45, 7) is 3.97. The van der Waals surface area contributed by atoms with Crippen LogP contribution in [0.25, 0.3) is 0 Å². The smallest absolute Gasteiger partial charge is 0.225 e. The molecule has 1 atom stereocenters. The Labute approximate surface area is 135 Å². The number of benzene rings is 1. The molecule has 0 fully saturated rings. The lowest BCUT2D eigenvalue weighted by atomic mass is 10.0. The highest BCUT2D eigenvalue weighted by molar-refractivity contribution is 7.99. The fourth-order valence-corrected chi connectivity index (χ4v) is 4.10. The highest BCUT2D eigenvalue weighted by atomic mass is 32.2. The molecule has 0 aliphatic carbocycles. The molecule has 0 bridgehead atoms. The van der Waals surface area contributed by atoms with Gasteiger partial charge in [0.25, 0.3) is 0 Å². The van der Waals surface area contributed by atoms with Crippen LogP contribution in [-0.4, -0.2) is 21.4 Å². The summed E-state index contributed by atoms with van der Waals surface area (Å²) in [7, 11) is 1.92. The van der Waals surface area contributed by atoms with Crippen LogP contribution >= 0.6 is 11.8 Å². The molecule has 22 heavy (non-hydrogen) atoms. The first-order valence-corrected chi connectivity index (χ1v) is 8.55. The van der Waals surface area contributed by atoms with Gasteiger partial charge in [-0.25, -0.2) is 0 Å². The third-order valence-electron chi connectivity index (χ3n) is 4.29. The number of nitrogens with zero attached hydrogens (tertiary/aromatic N) is 2. The van der Waals surface area contributed by atoms with Crippen molar-refractivity contribution >= 4 is 17.7 Å². The molecule has 0 saturated heterocycles. The van der Waals surface area contributed by atoms with E-state index in [-0.39, 0.29) is 11.9 Å². The average Bonchev–Trinajstić information content (AvgIpc) is 2.74. The molecular weight excluding hydrogens is 294 g/mol. The molecule has 2 aromatic rings. The van der Waals surface area contributed by atoms with Gasteiger partial charge in [-0.2, -0.15) is 5.10 Å². The maximum atomic E-state index is 12.4. The predicted molar refractivity (Wildman–Crippen MR) is 89.1 cm³/mol. The van der Waals surface area contributed by atoms with Crippen LogP contribution in [0.2, 0.25) is 0 Å². The molecule has 3 rings (SSSR count). The molecule has 1 aliphatic heterocycles. The molecule has 1 aromatic heterocycles. The molecule has 0 unspecified atom stereocenters. The van der Waals surface area contributed by atoms with Gasteiger partial charge in [0, 0.05) is 29.0 Å². The Morgan fingerprint density at radius 3 is 2.91 bits per heavy atom.